The Labute approximate surface area is 214 Å². The maximum atomic E-state index is 12.8. The summed E-state index contributed by atoms with van der Waals surface area (Å²) in [5.74, 6) is -0.988. The summed E-state index contributed by atoms with van der Waals surface area (Å²) in [6, 6.07) is 13.7. The molecule has 7 nitrogen and oxygen atoms in total. The van der Waals surface area contributed by atoms with Crippen LogP contribution in [-0.4, -0.2) is 41.6 Å². The summed E-state index contributed by atoms with van der Waals surface area (Å²) in [5, 5.41) is 0.305. The maximum Gasteiger partial charge on any atom is 0.338 e. The number of carbonyl (C=O) groups is 3. The predicted molar refractivity (Wildman–Crippen MR) is 136 cm³/mol. The van der Waals surface area contributed by atoms with E-state index in [9.17, 15) is 14.4 Å². The number of Topliss-reactive ketones (excluding diaryl/α,β-unsaturated/α-hetero) is 1. The number of nitrogens with zero attached hydrogens (tertiary/aromatic N) is 1. The summed E-state index contributed by atoms with van der Waals surface area (Å²) < 4.78 is 18.2. The van der Waals surface area contributed by atoms with E-state index in [2.05, 4.69) is 4.57 Å². The molecule has 1 saturated heterocycles. The van der Waals surface area contributed by atoms with E-state index in [1.807, 2.05) is 19.9 Å². The second kappa shape index (κ2) is 11.1. The van der Waals surface area contributed by atoms with Crippen molar-refractivity contribution in [1.29, 1.82) is 0 Å². The molecule has 8 heteroatoms. The Morgan fingerprint density at radius 1 is 1.06 bits per heavy atom. The number of aromatic nitrogens is 1. The van der Waals surface area contributed by atoms with Crippen LogP contribution in [-0.2, 0) is 20.8 Å². The molecule has 1 aromatic heterocycles. The zero-order valence-corrected chi connectivity index (χ0v) is 21.3. The van der Waals surface area contributed by atoms with Crippen molar-refractivity contribution in [3.05, 3.63) is 76.1 Å². The highest BCUT2D eigenvalue weighted by Crippen LogP contribution is 2.31. The van der Waals surface area contributed by atoms with Gasteiger partial charge in [0.15, 0.2) is 6.61 Å². The van der Waals surface area contributed by atoms with Gasteiger partial charge in [0.2, 0.25) is 5.78 Å². The van der Waals surface area contributed by atoms with Crippen LogP contribution in [0, 0.1) is 13.8 Å². The first-order valence-corrected chi connectivity index (χ1v) is 12.2. The van der Waals surface area contributed by atoms with Crippen molar-refractivity contribution in [3.8, 4) is 16.9 Å². The zero-order valence-electron chi connectivity index (χ0n) is 20.5. The molecular formula is C28H28ClNO6. The molecule has 36 heavy (non-hydrogen) atoms. The molecule has 0 amide bonds. The number of benzene rings is 2. The highest BCUT2D eigenvalue weighted by Gasteiger charge is 2.22. The molecular weight excluding hydrogens is 482 g/mol. The quantitative estimate of drug-likeness (QED) is 0.224. The van der Waals surface area contributed by atoms with Crippen molar-refractivity contribution in [3.63, 3.8) is 0 Å². The second-order valence-corrected chi connectivity index (χ2v) is 9.25. The normalized spacial score (nSPS) is 15.1. The fourth-order valence-corrected chi connectivity index (χ4v) is 4.58. The molecule has 3 aromatic rings. The van der Waals surface area contributed by atoms with Crippen molar-refractivity contribution < 1.29 is 28.6 Å². The molecule has 1 atom stereocenters. The Morgan fingerprint density at radius 3 is 2.42 bits per heavy atom. The Hall–Kier alpha value is -3.42. The minimum Gasteiger partial charge on any atom is -0.454 e. The molecule has 188 valence electrons. The van der Waals surface area contributed by atoms with Crippen LogP contribution in [0.2, 0.25) is 5.02 Å². The Bertz CT molecular complexity index is 1290. The standard InChI is InChI=1S/C28H28ClNO6/c1-17-13-24(18(2)30(17)15-23-5-4-12-34-23)26(32)16-35-28(33)21-8-6-20(7-9-21)22-10-11-27(25(29)14-22)36-19(3)31/h6-11,13-14,23H,4-5,12,15-16H2,1-3H3/t23-/m0/s1. The Balaban J connectivity index is 1.37. The monoisotopic (exact) mass is 509 g/mol. The molecule has 2 heterocycles. The summed E-state index contributed by atoms with van der Waals surface area (Å²) in [6.45, 7) is 6.33. The van der Waals surface area contributed by atoms with Crippen LogP contribution < -0.4 is 4.74 Å². The summed E-state index contributed by atoms with van der Waals surface area (Å²) >= 11 is 6.20. The molecule has 1 aliphatic rings. The Morgan fingerprint density at radius 2 is 1.78 bits per heavy atom. The van der Waals surface area contributed by atoms with Crippen LogP contribution in [0.1, 0.15) is 51.9 Å². The lowest BCUT2D eigenvalue weighted by molar-refractivity contribution is -0.131. The molecule has 0 saturated carbocycles. The molecule has 0 N–H and O–H groups in total. The first kappa shape index (κ1) is 25.7. The van der Waals surface area contributed by atoms with Crippen LogP contribution in [0.15, 0.2) is 48.5 Å². The number of carbonyl (C=O) groups excluding carboxylic acids is 3. The minimum absolute atomic E-state index is 0.168. The molecule has 0 unspecified atom stereocenters. The summed E-state index contributed by atoms with van der Waals surface area (Å²) in [5.41, 5.74) is 4.34. The molecule has 1 aliphatic heterocycles. The highest BCUT2D eigenvalue weighted by molar-refractivity contribution is 6.32. The van der Waals surface area contributed by atoms with Gasteiger partial charge in [0, 0.05) is 37.0 Å². The number of halogens is 1. The maximum absolute atomic E-state index is 12.8. The molecule has 0 aliphatic carbocycles. The third kappa shape index (κ3) is 5.86. The van der Waals surface area contributed by atoms with Gasteiger partial charge in [-0.15, -0.1) is 0 Å². The SMILES string of the molecule is CC(=O)Oc1ccc(-c2ccc(C(=O)OCC(=O)c3cc(C)n(C[C@@H]4CCCO4)c3C)cc2)cc1Cl. The van der Waals surface area contributed by atoms with E-state index < -0.39 is 11.9 Å². The molecule has 4 rings (SSSR count). The average Bonchev–Trinajstić information content (AvgIpc) is 3.47. The van der Waals surface area contributed by atoms with Gasteiger partial charge in [-0.2, -0.15) is 0 Å². The number of aryl methyl sites for hydroxylation is 1. The smallest absolute Gasteiger partial charge is 0.338 e. The molecule has 0 bridgehead atoms. The number of esters is 2. The number of hydrogen-bond donors (Lipinski definition) is 0. The third-order valence-electron chi connectivity index (χ3n) is 6.26. The fourth-order valence-electron chi connectivity index (χ4n) is 4.37. The van der Waals surface area contributed by atoms with Crippen molar-refractivity contribution >= 4 is 29.3 Å². The molecule has 1 fully saturated rings. The van der Waals surface area contributed by atoms with Gasteiger partial charge in [-0.1, -0.05) is 29.8 Å². The van der Waals surface area contributed by atoms with E-state index in [4.69, 9.17) is 25.8 Å². The van der Waals surface area contributed by atoms with E-state index in [1.54, 1.807) is 42.5 Å². The predicted octanol–water partition coefficient (Wildman–Crippen LogP) is 5.57. The lowest BCUT2D eigenvalue weighted by Crippen LogP contribution is -2.18. The lowest BCUT2D eigenvalue weighted by Gasteiger charge is -2.14. The van der Waals surface area contributed by atoms with Gasteiger partial charge in [-0.05, 0) is 68.1 Å². The third-order valence-corrected chi connectivity index (χ3v) is 6.55. The van der Waals surface area contributed by atoms with Crippen molar-refractivity contribution in [2.24, 2.45) is 0 Å². The summed E-state index contributed by atoms with van der Waals surface area (Å²) in [4.78, 5) is 36.5. The van der Waals surface area contributed by atoms with Crippen LogP contribution in [0.5, 0.6) is 5.75 Å². The number of hydrogen-bond acceptors (Lipinski definition) is 6. The van der Waals surface area contributed by atoms with Crippen LogP contribution in [0.3, 0.4) is 0 Å². The first-order valence-electron chi connectivity index (χ1n) is 11.8. The minimum atomic E-state index is -0.577. The molecule has 0 radical (unpaired) electrons. The van der Waals surface area contributed by atoms with Crippen molar-refractivity contribution in [1.82, 2.24) is 4.57 Å². The average molecular weight is 510 g/mol. The van der Waals surface area contributed by atoms with Crippen molar-refractivity contribution in [2.75, 3.05) is 13.2 Å². The summed E-state index contributed by atoms with van der Waals surface area (Å²) in [7, 11) is 0. The molecule has 0 spiro atoms. The van der Waals surface area contributed by atoms with Gasteiger partial charge in [-0.25, -0.2) is 4.79 Å². The Kier molecular flexibility index (Phi) is 7.91. The number of rotatable bonds is 8. The number of ether oxygens (including phenoxy) is 3. The van der Waals surface area contributed by atoms with Crippen LogP contribution >= 0.6 is 11.6 Å². The van der Waals surface area contributed by atoms with Gasteiger partial charge in [0.25, 0.3) is 0 Å². The highest BCUT2D eigenvalue weighted by atomic mass is 35.5. The van der Waals surface area contributed by atoms with Gasteiger partial charge >= 0.3 is 11.9 Å². The van der Waals surface area contributed by atoms with E-state index in [-0.39, 0.29) is 24.2 Å². The van der Waals surface area contributed by atoms with E-state index in [1.165, 1.54) is 6.92 Å². The first-order chi connectivity index (χ1) is 17.2. The van der Waals surface area contributed by atoms with Crippen molar-refractivity contribution in [2.45, 2.75) is 46.3 Å². The van der Waals surface area contributed by atoms with Gasteiger partial charge in [0.1, 0.15) is 5.75 Å². The van der Waals surface area contributed by atoms with Crippen LogP contribution in [0.4, 0.5) is 0 Å². The second-order valence-electron chi connectivity index (χ2n) is 8.85. The topological polar surface area (TPSA) is 83.8 Å². The lowest BCUT2D eigenvalue weighted by atomic mass is 10.0. The fraction of sp³-hybridized carbons (Fsp3) is 0.321. The largest absolute Gasteiger partial charge is 0.454 e. The number of ketones is 1. The van der Waals surface area contributed by atoms with Gasteiger partial charge < -0.3 is 18.8 Å². The van der Waals surface area contributed by atoms with E-state index in [0.717, 1.165) is 48.5 Å². The van der Waals surface area contributed by atoms with E-state index >= 15 is 0 Å². The molecule has 2 aromatic carbocycles. The summed E-state index contributed by atoms with van der Waals surface area (Å²) in [6.07, 6.45) is 2.24. The van der Waals surface area contributed by atoms with Crippen LogP contribution in [0.25, 0.3) is 11.1 Å². The van der Waals surface area contributed by atoms with Gasteiger partial charge in [0.05, 0.1) is 16.7 Å². The van der Waals surface area contributed by atoms with Gasteiger partial charge in [-0.3, -0.25) is 9.59 Å². The zero-order chi connectivity index (χ0) is 25.8. The van der Waals surface area contributed by atoms with E-state index in [0.29, 0.717) is 16.1 Å².